The molecule has 162 valence electrons. The van der Waals surface area contributed by atoms with Gasteiger partial charge in [0.05, 0.1) is 30.0 Å². The van der Waals surface area contributed by atoms with Crippen molar-refractivity contribution in [3.05, 3.63) is 77.6 Å². The fourth-order valence-corrected chi connectivity index (χ4v) is 3.14. The van der Waals surface area contributed by atoms with E-state index in [1.165, 1.54) is 18.6 Å². The monoisotopic (exact) mass is 439 g/mol. The Bertz CT molecular complexity index is 1290. The summed E-state index contributed by atoms with van der Waals surface area (Å²) in [4.78, 5) is 25.8. The van der Waals surface area contributed by atoms with Crippen LogP contribution in [0.15, 0.2) is 55.2 Å². The average molecular weight is 439 g/mol. The van der Waals surface area contributed by atoms with Gasteiger partial charge in [0.15, 0.2) is 5.82 Å². The number of halogens is 3. The van der Waals surface area contributed by atoms with Gasteiger partial charge in [-0.1, -0.05) is 6.07 Å². The number of aryl methyl sites for hydroxylation is 2. The van der Waals surface area contributed by atoms with Crippen LogP contribution in [0.5, 0.6) is 0 Å². The van der Waals surface area contributed by atoms with Gasteiger partial charge in [0.2, 0.25) is 0 Å². The van der Waals surface area contributed by atoms with E-state index in [0.717, 1.165) is 33.9 Å². The molecule has 4 rings (SSSR count). The number of anilines is 1. The van der Waals surface area contributed by atoms with Crippen LogP contribution in [0.1, 0.15) is 27.2 Å². The summed E-state index contributed by atoms with van der Waals surface area (Å²) in [5.74, 6) is -1.16. The quantitative estimate of drug-likeness (QED) is 0.516. The Labute approximate surface area is 180 Å². The summed E-state index contributed by atoms with van der Waals surface area (Å²) in [6.45, 7) is 3.60. The molecule has 0 radical (unpaired) electrons. The summed E-state index contributed by atoms with van der Waals surface area (Å²) >= 11 is 0. The van der Waals surface area contributed by atoms with Crippen molar-refractivity contribution in [2.24, 2.45) is 0 Å². The highest BCUT2D eigenvalue weighted by molar-refractivity contribution is 6.04. The fourth-order valence-electron chi connectivity index (χ4n) is 3.14. The summed E-state index contributed by atoms with van der Waals surface area (Å²) in [7, 11) is 0. The number of nitrogens with zero attached hydrogens (tertiary/aromatic N) is 6. The van der Waals surface area contributed by atoms with Gasteiger partial charge in [-0.25, -0.2) is 4.98 Å². The van der Waals surface area contributed by atoms with Gasteiger partial charge in [-0.15, -0.1) is 4.80 Å². The van der Waals surface area contributed by atoms with Crippen molar-refractivity contribution < 1.29 is 18.0 Å². The predicted molar refractivity (Wildman–Crippen MR) is 109 cm³/mol. The lowest BCUT2D eigenvalue weighted by Gasteiger charge is -2.14. The van der Waals surface area contributed by atoms with E-state index in [0.29, 0.717) is 5.56 Å². The van der Waals surface area contributed by atoms with E-state index in [1.807, 2.05) is 19.1 Å². The zero-order valence-corrected chi connectivity index (χ0v) is 16.9. The Morgan fingerprint density at radius 1 is 0.969 bits per heavy atom. The molecule has 32 heavy (non-hydrogen) atoms. The van der Waals surface area contributed by atoms with E-state index in [9.17, 15) is 18.0 Å². The van der Waals surface area contributed by atoms with Crippen LogP contribution in [0.4, 0.5) is 18.9 Å². The fraction of sp³-hybridized carbons (Fsp3) is 0.143. The predicted octanol–water partition coefficient (Wildman–Crippen LogP) is 4.01. The number of pyridine rings is 3. The van der Waals surface area contributed by atoms with E-state index in [1.54, 1.807) is 19.2 Å². The highest BCUT2D eigenvalue weighted by Crippen LogP contribution is 2.34. The molecule has 4 aromatic rings. The highest BCUT2D eigenvalue weighted by Gasteiger charge is 2.36. The smallest absolute Gasteiger partial charge is 0.319 e. The zero-order valence-electron chi connectivity index (χ0n) is 16.9. The normalized spacial score (nSPS) is 11.4. The summed E-state index contributed by atoms with van der Waals surface area (Å²) in [5.41, 5.74) is 1.82. The lowest BCUT2D eigenvalue weighted by Crippen LogP contribution is -2.18. The van der Waals surface area contributed by atoms with Crippen LogP contribution in [0.3, 0.4) is 0 Å². The molecule has 0 aliphatic rings. The number of carbonyl (C=O) groups is 1. The summed E-state index contributed by atoms with van der Waals surface area (Å²) in [6.07, 6.45) is 2.01. The molecule has 0 saturated heterocycles. The van der Waals surface area contributed by atoms with E-state index in [-0.39, 0.29) is 11.4 Å². The first-order valence-electron chi connectivity index (χ1n) is 9.38. The minimum atomic E-state index is -4.73. The SMILES string of the molecule is Cc1cc(-c2ncccc2C)cnc1C(=O)Nc1cnc(-n2nccn2)c(C(F)(F)F)c1. The molecule has 0 atom stereocenters. The summed E-state index contributed by atoms with van der Waals surface area (Å²) < 4.78 is 40.6. The third kappa shape index (κ3) is 4.17. The second kappa shape index (κ2) is 8.17. The Hall–Kier alpha value is -4.15. The number of rotatable bonds is 4. The van der Waals surface area contributed by atoms with Crippen molar-refractivity contribution in [2.75, 3.05) is 5.32 Å². The molecule has 0 bridgehead atoms. The van der Waals surface area contributed by atoms with E-state index >= 15 is 0 Å². The Kier molecular flexibility index (Phi) is 5.39. The molecular formula is C21H16F3N7O. The minimum Gasteiger partial charge on any atom is -0.319 e. The van der Waals surface area contributed by atoms with Gasteiger partial charge >= 0.3 is 6.18 Å². The molecule has 0 aromatic carbocycles. The second-order valence-corrected chi connectivity index (χ2v) is 6.92. The lowest BCUT2D eigenvalue weighted by molar-refractivity contribution is -0.137. The minimum absolute atomic E-state index is 0.0775. The maximum atomic E-state index is 13.5. The van der Waals surface area contributed by atoms with Crippen molar-refractivity contribution in [1.82, 2.24) is 29.9 Å². The first-order valence-corrected chi connectivity index (χ1v) is 9.38. The topological polar surface area (TPSA) is 98.5 Å². The highest BCUT2D eigenvalue weighted by atomic mass is 19.4. The standard InChI is InChI=1S/C21H16F3N7O/c1-12-4-3-5-25-17(12)14-8-13(2)18(26-10-14)20(32)30-15-9-16(21(22,23)24)19(27-11-15)31-28-6-7-29-31/h3-11H,1-2H3,(H,30,32). The summed E-state index contributed by atoms with van der Waals surface area (Å²) in [5, 5.41) is 9.81. The third-order valence-corrected chi connectivity index (χ3v) is 4.61. The van der Waals surface area contributed by atoms with Gasteiger partial charge in [-0.2, -0.15) is 23.4 Å². The molecule has 1 N–H and O–H groups in total. The van der Waals surface area contributed by atoms with Crippen molar-refractivity contribution in [1.29, 1.82) is 0 Å². The molecule has 0 fully saturated rings. The molecule has 11 heteroatoms. The molecule has 0 saturated carbocycles. The van der Waals surface area contributed by atoms with Gasteiger partial charge < -0.3 is 5.32 Å². The van der Waals surface area contributed by atoms with E-state index in [4.69, 9.17) is 0 Å². The number of carbonyl (C=O) groups excluding carboxylic acids is 1. The number of hydrogen-bond acceptors (Lipinski definition) is 6. The van der Waals surface area contributed by atoms with Gasteiger partial charge in [0.25, 0.3) is 5.91 Å². The zero-order chi connectivity index (χ0) is 22.9. The van der Waals surface area contributed by atoms with E-state index < -0.39 is 23.5 Å². The Morgan fingerprint density at radius 2 is 1.72 bits per heavy atom. The van der Waals surface area contributed by atoms with Crippen LogP contribution in [0.25, 0.3) is 17.1 Å². The number of aromatic nitrogens is 6. The molecule has 8 nitrogen and oxygen atoms in total. The van der Waals surface area contributed by atoms with Gasteiger partial charge in [-0.05, 0) is 43.2 Å². The van der Waals surface area contributed by atoms with Crippen molar-refractivity contribution in [2.45, 2.75) is 20.0 Å². The third-order valence-electron chi connectivity index (χ3n) is 4.61. The number of nitrogens with one attached hydrogen (secondary N) is 1. The van der Waals surface area contributed by atoms with Crippen LogP contribution in [0.2, 0.25) is 0 Å². The average Bonchev–Trinajstić information content (AvgIpc) is 3.28. The molecule has 4 heterocycles. The largest absolute Gasteiger partial charge is 0.420 e. The first-order chi connectivity index (χ1) is 15.2. The first kappa shape index (κ1) is 21.1. The van der Waals surface area contributed by atoms with E-state index in [2.05, 4.69) is 30.5 Å². The Balaban J connectivity index is 1.62. The number of alkyl halides is 3. The molecule has 0 unspecified atom stereocenters. The van der Waals surface area contributed by atoms with Crippen molar-refractivity contribution >= 4 is 11.6 Å². The Morgan fingerprint density at radius 3 is 2.38 bits per heavy atom. The van der Waals surface area contributed by atoms with Crippen LogP contribution < -0.4 is 5.32 Å². The van der Waals surface area contributed by atoms with Crippen LogP contribution in [0, 0.1) is 13.8 Å². The van der Waals surface area contributed by atoms with Gasteiger partial charge in [0.1, 0.15) is 11.3 Å². The molecule has 0 aliphatic carbocycles. The maximum Gasteiger partial charge on any atom is 0.420 e. The molecule has 1 amide bonds. The molecule has 4 aromatic heterocycles. The van der Waals surface area contributed by atoms with Crippen molar-refractivity contribution in [3.8, 4) is 17.1 Å². The lowest BCUT2D eigenvalue weighted by atomic mass is 10.1. The molecule has 0 aliphatic heterocycles. The number of hydrogen-bond donors (Lipinski definition) is 1. The number of amides is 1. The summed E-state index contributed by atoms with van der Waals surface area (Å²) in [6, 6.07) is 6.26. The van der Waals surface area contributed by atoms with Crippen LogP contribution >= 0.6 is 0 Å². The van der Waals surface area contributed by atoms with Gasteiger partial charge in [-0.3, -0.25) is 14.8 Å². The van der Waals surface area contributed by atoms with Crippen molar-refractivity contribution in [3.63, 3.8) is 0 Å². The maximum absolute atomic E-state index is 13.5. The molecular weight excluding hydrogens is 423 g/mol. The second-order valence-electron chi connectivity index (χ2n) is 6.92. The van der Waals surface area contributed by atoms with Crippen LogP contribution in [-0.2, 0) is 6.18 Å². The van der Waals surface area contributed by atoms with Gasteiger partial charge in [0, 0.05) is 18.0 Å². The molecule has 0 spiro atoms. The van der Waals surface area contributed by atoms with Crippen LogP contribution in [-0.4, -0.2) is 35.9 Å².